The fraction of sp³-hybridized carbons (Fsp3) is 0.0588. The molecule has 0 saturated carbocycles. The summed E-state index contributed by atoms with van der Waals surface area (Å²) in [7, 11) is -3.66. The number of hydrogen-bond acceptors (Lipinski definition) is 2. The van der Waals surface area contributed by atoms with Gasteiger partial charge in [-0.3, -0.25) is 0 Å². The minimum Gasteiger partial charge on any atom is -0.317 e. The van der Waals surface area contributed by atoms with Crippen molar-refractivity contribution in [1.82, 2.24) is 4.57 Å². The second-order valence-electron chi connectivity index (χ2n) is 5.17. The predicted molar refractivity (Wildman–Crippen MR) is 87.3 cm³/mol. The van der Waals surface area contributed by atoms with Gasteiger partial charge in [0.25, 0.3) is 0 Å². The fourth-order valence-corrected chi connectivity index (χ4v) is 2.88. The first-order chi connectivity index (χ1) is 10.4. The molecule has 112 valence electrons. The smallest absolute Gasteiger partial charge is 0.238 e. The van der Waals surface area contributed by atoms with Crippen molar-refractivity contribution in [3.63, 3.8) is 0 Å². The SMILES string of the molecule is Cc1ccc(-c2cccn2-c2ccc(S(N)(=O)=O)cc2)cc1. The van der Waals surface area contributed by atoms with E-state index in [1.54, 1.807) is 12.1 Å². The van der Waals surface area contributed by atoms with Gasteiger partial charge in [-0.25, -0.2) is 13.6 Å². The zero-order valence-corrected chi connectivity index (χ0v) is 12.9. The molecule has 0 aliphatic heterocycles. The van der Waals surface area contributed by atoms with E-state index < -0.39 is 10.0 Å². The summed E-state index contributed by atoms with van der Waals surface area (Å²) in [5.41, 5.74) is 4.24. The molecule has 0 amide bonds. The first-order valence-electron chi connectivity index (χ1n) is 6.83. The molecule has 4 nitrogen and oxygen atoms in total. The van der Waals surface area contributed by atoms with Crippen LogP contribution < -0.4 is 5.14 Å². The second kappa shape index (κ2) is 5.44. The average molecular weight is 312 g/mol. The van der Waals surface area contributed by atoms with Crippen molar-refractivity contribution in [2.24, 2.45) is 5.14 Å². The highest BCUT2D eigenvalue weighted by Gasteiger charge is 2.09. The number of rotatable bonds is 3. The molecule has 1 aromatic heterocycles. The molecule has 0 unspecified atom stereocenters. The van der Waals surface area contributed by atoms with E-state index in [2.05, 4.69) is 31.2 Å². The minimum absolute atomic E-state index is 0.111. The molecule has 3 rings (SSSR count). The zero-order valence-electron chi connectivity index (χ0n) is 12.1. The standard InChI is InChI=1S/C17H16N2O2S/c1-13-4-6-14(7-5-13)17-3-2-12-19(17)15-8-10-16(11-9-15)22(18,20)21/h2-12H,1H3,(H2,18,20,21). The van der Waals surface area contributed by atoms with Crippen LogP contribution in [-0.4, -0.2) is 13.0 Å². The van der Waals surface area contributed by atoms with Gasteiger partial charge in [0.2, 0.25) is 10.0 Å². The van der Waals surface area contributed by atoms with Crippen LogP contribution in [0.5, 0.6) is 0 Å². The lowest BCUT2D eigenvalue weighted by Crippen LogP contribution is -2.12. The Bertz CT molecular complexity index is 893. The second-order valence-corrected chi connectivity index (χ2v) is 6.73. The molecule has 2 N–H and O–H groups in total. The molecule has 0 spiro atoms. The van der Waals surface area contributed by atoms with Crippen molar-refractivity contribution in [2.45, 2.75) is 11.8 Å². The van der Waals surface area contributed by atoms with Crippen molar-refractivity contribution in [2.75, 3.05) is 0 Å². The molecule has 0 aliphatic carbocycles. The Balaban J connectivity index is 2.03. The van der Waals surface area contributed by atoms with Crippen LogP contribution in [0.4, 0.5) is 0 Å². The van der Waals surface area contributed by atoms with Crippen LogP contribution in [0.1, 0.15) is 5.56 Å². The summed E-state index contributed by atoms with van der Waals surface area (Å²) in [4.78, 5) is 0.111. The third-order valence-electron chi connectivity index (χ3n) is 3.54. The molecular formula is C17H16N2O2S. The van der Waals surface area contributed by atoms with Crippen LogP contribution in [-0.2, 0) is 10.0 Å². The van der Waals surface area contributed by atoms with E-state index in [9.17, 15) is 8.42 Å². The number of nitrogens with two attached hydrogens (primary N) is 1. The molecule has 0 radical (unpaired) electrons. The number of nitrogens with zero attached hydrogens (tertiary/aromatic N) is 1. The molecule has 3 aromatic rings. The maximum atomic E-state index is 11.3. The predicted octanol–water partition coefficient (Wildman–Crippen LogP) is 3.10. The van der Waals surface area contributed by atoms with E-state index in [0.29, 0.717) is 0 Å². The number of primary sulfonamides is 1. The van der Waals surface area contributed by atoms with Crippen molar-refractivity contribution in [3.05, 3.63) is 72.4 Å². The zero-order chi connectivity index (χ0) is 15.7. The largest absolute Gasteiger partial charge is 0.317 e. The monoisotopic (exact) mass is 312 g/mol. The van der Waals surface area contributed by atoms with Gasteiger partial charge in [0.05, 0.1) is 10.6 Å². The highest BCUT2D eigenvalue weighted by Crippen LogP contribution is 2.24. The molecule has 1 heterocycles. The van der Waals surface area contributed by atoms with Crippen molar-refractivity contribution >= 4 is 10.0 Å². The number of aromatic nitrogens is 1. The van der Waals surface area contributed by atoms with E-state index in [0.717, 1.165) is 16.9 Å². The summed E-state index contributed by atoms with van der Waals surface area (Å²) < 4.78 is 24.7. The van der Waals surface area contributed by atoms with Gasteiger partial charge in [-0.05, 0) is 48.9 Å². The maximum absolute atomic E-state index is 11.3. The Morgan fingerprint density at radius 3 is 2.14 bits per heavy atom. The molecule has 0 aliphatic rings. The van der Waals surface area contributed by atoms with Crippen LogP contribution in [0, 0.1) is 6.92 Å². The third kappa shape index (κ3) is 2.81. The summed E-state index contributed by atoms with van der Waals surface area (Å²) in [5.74, 6) is 0. The summed E-state index contributed by atoms with van der Waals surface area (Å²) >= 11 is 0. The van der Waals surface area contributed by atoms with E-state index in [4.69, 9.17) is 5.14 Å². The molecule has 0 fully saturated rings. The number of aryl methyl sites for hydroxylation is 1. The van der Waals surface area contributed by atoms with E-state index >= 15 is 0 Å². The van der Waals surface area contributed by atoms with Gasteiger partial charge in [-0.2, -0.15) is 0 Å². The van der Waals surface area contributed by atoms with Gasteiger partial charge >= 0.3 is 0 Å². The Labute approximate surface area is 129 Å². The Morgan fingerprint density at radius 1 is 0.909 bits per heavy atom. The van der Waals surface area contributed by atoms with Crippen molar-refractivity contribution < 1.29 is 8.42 Å². The Hall–Kier alpha value is -2.37. The molecule has 2 aromatic carbocycles. The summed E-state index contributed by atoms with van der Waals surface area (Å²) in [6.07, 6.45) is 1.95. The van der Waals surface area contributed by atoms with Crippen LogP contribution in [0.15, 0.2) is 71.8 Å². The van der Waals surface area contributed by atoms with Crippen LogP contribution in [0.25, 0.3) is 16.9 Å². The van der Waals surface area contributed by atoms with Gasteiger partial charge in [-0.15, -0.1) is 0 Å². The van der Waals surface area contributed by atoms with Gasteiger partial charge in [0, 0.05) is 11.9 Å². The first kappa shape index (κ1) is 14.6. The lowest BCUT2D eigenvalue weighted by atomic mass is 10.1. The molecule has 5 heteroatoms. The molecule has 0 bridgehead atoms. The third-order valence-corrected chi connectivity index (χ3v) is 4.47. The Morgan fingerprint density at radius 2 is 1.55 bits per heavy atom. The number of benzene rings is 2. The summed E-state index contributed by atoms with van der Waals surface area (Å²) in [6, 6.07) is 18.8. The number of hydrogen-bond donors (Lipinski definition) is 1. The highest BCUT2D eigenvalue weighted by molar-refractivity contribution is 7.89. The van der Waals surface area contributed by atoms with E-state index in [1.807, 2.05) is 22.9 Å². The maximum Gasteiger partial charge on any atom is 0.238 e. The molecule has 0 atom stereocenters. The molecule has 0 saturated heterocycles. The van der Waals surface area contributed by atoms with Crippen molar-refractivity contribution in [1.29, 1.82) is 0 Å². The molecular weight excluding hydrogens is 296 g/mol. The average Bonchev–Trinajstić information content (AvgIpc) is 2.97. The first-order valence-corrected chi connectivity index (χ1v) is 8.37. The van der Waals surface area contributed by atoms with Gasteiger partial charge in [-0.1, -0.05) is 29.8 Å². The normalized spacial score (nSPS) is 11.5. The quantitative estimate of drug-likeness (QED) is 0.807. The van der Waals surface area contributed by atoms with E-state index in [1.165, 1.54) is 17.7 Å². The molecule has 22 heavy (non-hydrogen) atoms. The van der Waals surface area contributed by atoms with Crippen LogP contribution >= 0.6 is 0 Å². The topological polar surface area (TPSA) is 65.1 Å². The number of sulfonamides is 1. The lowest BCUT2D eigenvalue weighted by Gasteiger charge is -2.10. The van der Waals surface area contributed by atoms with E-state index in [-0.39, 0.29) is 4.90 Å². The van der Waals surface area contributed by atoms with Crippen LogP contribution in [0.3, 0.4) is 0 Å². The highest BCUT2D eigenvalue weighted by atomic mass is 32.2. The van der Waals surface area contributed by atoms with Crippen LogP contribution in [0.2, 0.25) is 0 Å². The fourth-order valence-electron chi connectivity index (χ4n) is 2.36. The summed E-state index contributed by atoms with van der Waals surface area (Å²) in [6.45, 7) is 2.05. The summed E-state index contributed by atoms with van der Waals surface area (Å²) in [5, 5.41) is 5.13. The van der Waals surface area contributed by atoms with Gasteiger partial charge < -0.3 is 4.57 Å². The lowest BCUT2D eigenvalue weighted by molar-refractivity contribution is 0.598. The Kier molecular flexibility index (Phi) is 3.60. The minimum atomic E-state index is -3.66. The van der Waals surface area contributed by atoms with Crippen molar-refractivity contribution in [3.8, 4) is 16.9 Å². The van der Waals surface area contributed by atoms with Gasteiger partial charge in [0.15, 0.2) is 0 Å². The van der Waals surface area contributed by atoms with Gasteiger partial charge in [0.1, 0.15) is 0 Å².